The van der Waals surface area contributed by atoms with Crippen LogP contribution in [-0.2, 0) is 39.8 Å². The van der Waals surface area contributed by atoms with Crippen molar-refractivity contribution in [1.82, 2.24) is 0 Å². The monoisotopic (exact) mass is 794 g/mol. The van der Waals surface area contributed by atoms with Gasteiger partial charge < -0.3 is 28.4 Å². The average Bonchev–Trinajstić information content (AvgIpc) is 3.46. The SMILES string of the molecule is CC(=O)OCC1OC([n+]2cccc(C(=O)Oc3c(C)c(C)c4c(c3C)CCC(C)(CCC[C@H](C)CCC[C@H](C)CCCC(C)C)O4)c2)C(OC(C)=O)C1OC(C)=O. The lowest BCUT2D eigenvalue weighted by Crippen LogP contribution is -2.48. The van der Waals surface area contributed by atoms with E-state index < -0.39 is 48.4 Å². The van der Waals surface area contributed by atoms with Crippen LogP contribution in [0.3, 0.4) is 0 Å². The minimum absolute atomic E-state index is 0.221. The van der Waals surface area contributed by atoms with Gasteiger partial charge in [0.05, 0.1) is 0 Å². The maximum atomic E-state index is 13.8. The molecule has 2 aliphatic heterocycles. The Labute approximate surface area is 340 Å². The third kappa shape index (κ3) is 12.7. The van der Waals surface area contributed by atoms with Crippen molar-refractivity contribution in [2.75, 3.05) is 6.61 Å². The number of fused-ring (bicyclic) bond motifs is 1. The van der Waals surface area contributed by atoms with E-state index in [4.69, 9.17) is 28.4 Å². The van der Waals surface area contributed by atoms with Crippen molar-refractivity contribution in [1.29, 1.82) is 0 Å². The fraction of sp³-hybridized carbons (Fsp3) is 0.674. The number of hydrogen-bond acceptors (Lipinski definition) is 10. The first-order valence-electron chi connectivity index (χ1n) is 21.1. The minimum atomic E-state index is -1.09. The van der Waals surface area contributed by atoms with Crippen LogP contribution in [-0.4, -0.2) is 54.4 Å². The Morgan fingerprint density at radius 2 is 1.44 bits per heavy atom. The topological polar surface area (TPSA) is 128 Å². The van der Waals surface area contributed by atoms with Crippen molar-refractivity contribution >= 4 is 23.9 Å². The number of rotatable bonds is 19. The van der Waals surface area contributed by atoms with Crippen LogP contribution < -0.4 is 14.0 Å². The summed E-state index contributed by atoms with van der Waals surface area (Å²) in [7, 11) is 0. The van der Waals surface area contributed by atoms with Crippen LogP contribution in [0.4, 0.5) is 0 Å². The molecule has 0 N–H and O–H groups in total. The lowest BCUT2D eigenvalue weighted by molar-refractivity contribution is -0.765. The van der Waals surface area contributed by atoms with Crippen LogP contribution in [0.2, 0.25) is 0 Å². The number of carbonyl (C=O) groups excluding carboxylic acids is 4. The molecule has 7 atom stereocenters. The fourth-order valence-corrected chi connectivity index (χ4v) is 8.27. The highest BCUT2D eigenvalue weighted by molar-refractivity contribution is 5.91. The standard InChI is InChI=1S/C46H68NO10/c1-28(2)16-12-17-29(3)18-13-19-30(4)20-14-23-46(11)24-22-38-33(7)40(31(5)32(6)41(38)57-46)56-45(51)37-21-15-25-47(26-37)44-43(54-36(10)50)42(53-35(9)49)39(55-44)27-52-34(8)48/h15,21,25-26,28-30,39,42-44H,12-14,16-20,22-24,27H2,1-11H3/q+1/t29-,30-,39?,42?,43?,44?,46?/m1/s1. The van der Waals surface area contributed by atoms with Crippen molar-refractivity contribution in [2.24, 2.45) is 17.8 Å². The predicted molar refractivity (Wildman–Crippen MR) is 216 cm³/mol. The molecule has 0 amide bonds. The average molecular weight is 795 g/mol. The molecule has 1 aromatic carbocycles. The summed E-state index contributed by atoms with van der Waals surface area (Å²) in [4.78, 5) is 49.5. The Hall–Kier alpha value is -3.99. The molecule has 2 aliphatic rings. The molecule has 11 nitrogen and oxygen atoms in total. The molecule has 2 aromatic rings. The second-order valence-electron chi connectivity index (χ2n) is 17.4. The zero-order valence-corrected chi connectivity index (χ0v) is 36.4. The summed E-state index contributed by atoms with van der Waals surface area (Å²) < 4.78 is 36.9. The van der Waals surface area contributed by atoms with E-state index in [1.165, 1.54) is 71.9 Å². The highest BCUT2D eigenvalue weighted by Crippen LogP contribution is 2.45. The van der Waals surface area contributed by atoms with Gasteiger partial charge in [0.25, 0.3) is 0 Å². The fourth-order valence-electron chi connectivity index (χ4n) is 8.27. The van der Waals surface area contributed by atoms with Crippen LogP contribution in [0.1, 0.15) is 158 Å². The summed E-state index contributed by atoms with van der Waals surface area (Å²) in [6, 6.07) is 3.27. The first-order valence-corrected chi connectivity index (χ1v) is 21.1. The van der Waals surface area contributed by atoms with Crippen molar-refractivity contribution in [2.45, 2.75) is 177 Å². The quantitative estimate of drug-likeness (QED) is 0.0589. The third-order valence-electron chi connectivity index (χ3n) is 11.7. The Kier molecular flexibility index (Phi) is 16.5. The minimum Gasteiger partial charge on any atom is -0.487 e. The smallest absolute Gasteiger partial charge is 0.349 e. The molecule has 1 fully saturated rings. The van der Waals surface area contributed by atoms with E-state index in [0.29, 0.717) is 11.7 Å². The lowest BCUT2D eigenvalue weighted by atomic mass is 9.83. The molecule has 0 spiro atoms. The number of ether oxygens (including phenoxy) is 6. The van der Waals surface area contributed by atoms with Crippen molar-refractivity contribution in [3.05, 3.63) is 52.3 Å². The van der Waals surface area contributed by atoms with E-state index >= 15 is 0 Å². The summed E-state index contributed by atoms with van der Waals surface area (Å²) in [5.74, 6) is 1.35. The van der Waals surface area contributed by atoms with Gasteiger partial charge in [-0.15, -0.1) is 0 Å². The van der Waals surface area contributed by atoms with Gasteiger partial charge in [0, 0.05) is 32.4 Å². The molecule has 3 heterocycles. The van der Waals surface area contributed by atoms with E-state index in [1.54, 1.807) is 22.9 Å². The van der Waals surface area contributed by atoms with Crippen LogP contribution in [0.25, 0.3) is 0 Å². The van der Waals surface area contributed by atoms with Gasteiger partial charge in [0.2, 0.25) is 6.10 Å². The molecule has 0 aliphatic carbocycles. The van der Waals surface area contributed by atoms with Crippen molar-refractivity contribution in [3.63, 3.8) is 0 Å². The zero-order valence-electron chi connectivity index (χ0n) is 36.4. The lowest BCUT2D eigenvalue weighted by Gasteiger charge is -2.38. The van der Waals surface area contributed by atoms with Gasteiger partial charge >= 0.3 is 30.1 Å². The largest absolute Gasteiger partial charge is 0.487 e. The number of hydrogen-bond donors (Lipinski definition) is 0. The Morgan fingerprint density at radius 1 is 0.825 bits per heavy atom. The molecule has 0 radical (unpaired) electrons. The number of nitrogens with zero attached hydrogens (tertiary/aromatic N) is 1. The van der Waals surface area contributed by atoms with Crippen LogP contribution in [0.15, 0.2) is 24.5 Å². The molecule has 1 saturated heterocycles. The molecule has 0 bridgehead atoms. The number of pyridine rings is 1. The van der Waals surface area contributed by atoms with Gasteiger partial charge in [0.1, 0.15) is 35.4 Å². The summed E-state index contributed by atoms with van der Waals surface area (Å²) in [5.41, 5.74) is 3.71. The number of aromatic nitrogens is 1. The molecule has 11 heteroatoms. The van der Waals surface area contributed by atoms with Crippen LogP contribution >= 0.6 is 0 Å². The molecule has 4 rings (SSSR count). The second-order valence-corrected chi connectivity index (χ2v) is 17.4. The molecule has 57 heavy (non-hydrogen) atoms. The molecule has 316 valence electrons. The van der Waals surface area contributed by atoms with Crippen LogP contribution in [0.5, 0.6) is 11.5 Å². The highest BCUT2D eigenvalue weighted by atomic mass is 16.7. The van der Waals surface area contributed by atoms with E-state index in [9.17, 15) is 19.2 Å². The van der Waals surface area contributed by atoms with Crippen molar-refractivity contribution in [3.8, 4) is 11.5 Å². The van der Waals surface area contributed by atoms with Gasteiger partial charge in [-0.25, -0.2) is 4.79 Å². The van der Waals surface area contributed by atoms with E-state index in [1.807, 2.05) is 20.8 Å². The van der Waals surface area contributed by atoms with Gasteiger partial charge in [-0.3, -0.25) is 14.4 Å². The second kappa shape index (κ2) is 20.6. The predicted octanol–water partition coefficient (Wildman–Crippen LogP) is 8.97. The summed E-state index contributed by atoms with van der Waals surface area (Å²) >= 11 is 0. The first kappa shape index (κ1) is 45.7. The third-order valence-corrected chi connectivity index (χ3v) is 11.7. The van der Waals surface area contributed by atoms with Gasteiger partial charge in [-0.2, -0.15) is 4.57 Å². The Bertz CT molecular complexity index is 1720. The molecule has 1 aromatic heterocycles. The van der Waals surface area contributed by atoms with E-state index in [2.05, 4.69) is 34.6 Å². The number of esters is 4. The van der Waals surface area contributed by atoms with E-state index in [0.717, 1.165) is 65.5 Å². The zero-order chi connectivity index (χ0) is 42.0. The molecule has 5 unspecified atom stereocenters. The van der Waals surface area contributed by atoms with Gasteiger partial charge in [0.15, 0.2) is 18.5 Å². The maximum absolute atomic E-state index is 13.8. The Balaban J connectivity index is 1.42. The summed E-state index contributed by atoms with van der Waals surface area (Å²) in [5, 5.41) is 0. The van der Waals surface area contributed by atoms with Gasteiger partial charge in [-0.1, -0.05) is 72.6 Å². The molecular formula is C46H68NO10+. The molecule has 0 saturated carbocycles. The normalized spacial score (nSPS) is 22.6. The summed E-state index contributed by atoms with van der Waals surface area (Å²) in [6.45, 7) is 21.1. The van der Waals surface area contributed by atoms with Gasteiger partial charge in [-0.05, 0) is 93.9 Å². The maximum Gasteiger partial charge on any atom is 0.349 e. The first-order chi connectivity index (χ1) is 26.9. The molecular weight excluding hydrogens is 727 g/mol. The van der Waals surface area contributed by atoms with Crippen molar-refractivity contribution < 1.29 is 52.2 Å². The summed E-state index contributed by atoms with van der Waals surface area (Å²) in [6.07, 6.45) is 12.1. The number of benzene rings is 1. The Morgan fingerprint density at radius 3 is 2.05 bits per heavy atom. The number of carbonyl (C=O) groups is 4. The highest BCUT2D eigenvalue weighted by Gasteiger charge is 2.54. The van der Waals surface area contributed by atoms with Crippen LogP contribution in [0, 0.1) is 38.5 Å². The van der Waals surface area contributed by atoms with E-state index in [-0.39, 0.29) is 17.8 Å².